The van der Waals surface area contributed by atoms with Crippen LogP contribution in [0.3, 0.4) is 0 Å². The number of rotatable bonds is 30. The zero-order valence-corrected chi connectivity index (χ0v) is 33.3. The van der Waals surface area contributed by atoms with Crippen molar-refractivity contribution in [2.24, 2.45) is 0 Å². The van der Waals surface area contributed by atoms with E-state index >= 15 is 0 Å². The van der Waals surface area contributed by atoms with Crippen LogP contribution in [0.25, 0.3) is 0 Å². The number of benzene rings is 1. The van der Waals surface area contributed by atoms with Gasteiger partial charge in [-0.25, -0.2) is 0 Å². The first-order chi connectivity index (χ1) is 20.0. The molecule has 6 heteroatoms. The third kappa shape index (κ3) is 26.0. The largest absolute Gasteiger partial charge is 2.00 e. The molecule has 0 saturated carbocycles. The van der Waals surface area contributed by atoms with Crippen molar-refractivity contribution in [2.45, 2.75) is 194 Å². The fraction of sp³-hybridized carbons (Fsp3) is 0.833. The maximum absolute atomic E-state index is 12.1. The second kappa shape index (κ2) is 30.4. The van der Waals surface area contributed by atoms with E-state index < -0.39 is 6.12 Å². The Bertz CT molecular complexity index is 714. The van der Waals surface area contributed by atoms with Crippen LogP contribution in [0.2, 0.25) is 0 Å². The summed E-state index contributed by atoms with van der Waals surface area (Å²) in [5.74, 6) is 0.671. The molecule has 0 aliphatic rings. The Balaban J connectivity index is 0.0000168. The van der Waals surface area contributed by atoms with Crippen molar-refractivity contribution in [1.82, 2.24) is 0 Å². The van der Waals surface area contributed by atoms with Gasteiger partial charge in [-0.2, -0.15) is 0 Å². The van der Waals surface area contributed by atoms with Gasteiger partial charge in [0.1, 0.15) is 0 Å². The van der Waals surface area contributed by atoms with Crippen LogP contribution in [-0.4, -0.2) is 0 Å². The van der Waals surface area contributed by atoms with Crippen molar-refractivity contribution in [3.8, 4) is 5.75 Å². The second-order valence-electron chi connectivity index (χ2n) is 12.4. The average molecular weight is 690 g/mol. The molecule has 1 aromatic carbocycles. The van der Waals surface area contributed by atoms with Crippen LogP contribution in [0.5, 0.6) is 5.75 Å². The summed E-state index contributed by atoms with van der Waals surface area (Å²) in [6, 6.07) is 6.15. The zero-order chi connectivity index (χ0) is 29.9. The average Bonchev–Trinajstić information content (AvgIpc) is 2.94. The predicted octanol–water partition coefficient (Wildman–Crippen LogP) is 12.5. The van der Waals surface area contributed by atoms with Gasteiger partial charge in [0, 0.05) is 5.56 Å². The van der Waals surface area contributed by atoms with Crippen LogP contribution in [-0.2, 0) is 56.8 Å². The van der Waals surface area contributed by atoms with Gasteiger partial charge in [0.05, 0.1) is 0 Å². The molecular formula is C36H65O2PS2Zn. The van der Waals surface area contributed by atoms with Gasteiger partial charge in [-0.1, -0.05) is 180 Å². The van der Waals surface area contributed by atoms with E-state index in [1.54, 1.807) is 0 Å². The molecule has 0 aliphatic heterocycles. The molecule has 0 unspecified atom stereocenters. The quantitative estimate of drug-likeness (QED) is 0.0348. The molecule has 0 radical (unpaired) electrons. The summed E-state index contributed by atoms with van der Waals surface area (Å²) < 4.78 is 5.64. The molecule has 0 N–H and O–H groups in total. The van der Waals surface area contributed by atoms with Crippen molar-refractivity contribution in [2.75, 3.05) is 0 Å². The maximum Gasteiger partial charge on any atom is 2.00 e. The fourth-order valence-electron chi connectivity index (χ4n) is 5.99. The number of aryl methyl sites for hydroxylation is 1. The van der Waals surface area contributed by atoms with Crippen LogP contribution in [0.4, 0.5) is 0 Å². The van der Waals surface area contributed by atoms with Crippen molar-refractivity contribution in [3.05, 3.63) is 29.3 Å². The minimum Gasteiger partial charge on any atom is -0.682 e. The minimum absolute atomic E-state index is 0. The Kier molecular flexibility index (Phi) is 30.9. The molecule has 0 fully saturated rings. The van der Waals surface area contributed by atoms with E-state index in [2.05, 4.69) is 19.9 Å². The molecule has 0 heterocycles. The molecule has 0 amide bonds. The molecule has 240 valence electrons. The summed E-state index contributed by atoms with van der Waals surface area (Å²) in [5, 5.41) is 0. The molecule has 1 rings (SSSR count). The van der Waals surface area contributed by atoms with Gasteiger partial charge in [0.25, 0.3) is 0 Å². The zero-order valence-electron chi connectivity index (χ0n) is 27.8. The summed E-state index contributed by atoms with van der Waals surface area (Å²) in [6.45, 7) is 4.57. The van der Waals surface area contributed by atoms with Crippen LogP contribution in [0, 0.1) is 0 Å². The Morgan fingerprint density at radius 1 is 0.524 bits per heavy atom. The third-order valence-corrected chi connectivity index (χ3v) is 9.39. The minimum atomic E-state index is -3.40. The Morgan fingerprint density at radius 3 is 1.21 bits per heavy atom. The van der Waals surface area contributed by atoms with E-state index in [0.717, 1.165) is 19.3 Å². The Morgan fingerprint density at radius 2 is 0.857 bits per heavy atom. The maximum atomic E-state index is 12.1. The fourth-order valence-corrected chi connectivity index (χ4v) is 6.88. The molecule has 2 nitrogen and oxygen atoms in total. The van der Waals surface area contributed by atoms with Crippen molar-refractivity contribution < 1.29 is 28.9 Å². The Labute approximate surface area is 286 Å². The van der Waals surface area contributed by atoms with E-state index in [9.17, 15) is 4.89 Å². The predicted molar refractivity (Wildman–Crippen MR) is 188 cm³/mol. The summed E-state index contributed by atoms with van der Waals surface area (Å²) in [7, 11) is 0. The van der Waals surface area contributed by atoms with Gasteiger partial charge < -0.3 is 33.9 Å². The first kappa shape index (κ1) is 42.7. The molecular weight excluding hydrogens is 625 g/mol. The summed E-state index contributed by atoms with van der Waals surface area (Å²) in [4.78, 5) is 12.1. The molecule has 42 heavy (non-hydrogen) atoms. The monoisotopic (exact) mass is 688 g/mol. The van der Waals surface area contributed by atoms with E-state index in [4.69, 9.17) is 29.0 Å². The van der Waals surface area contributed by atoms with E-state index in [1.807, 2.05) is 12.1 Å². The topological polar surface area (TPSA) is 32.3 Å². The van der Waals surface area contributed by atoms with Crippen molar-refractivity contribution in [3.63, 3.8) is 0 Å². The van der Waals surface area contributed by atoms with Gasteiger partial charge in [0.15, 0.2) is 5.75 Å². The number of hydrogen-bond donors (Lipinski definition) is 0. The molecule has 0 saturated heterocycles. The molecule has 0 bridgehead atoms. The van der Waals surface area contributed by atoms with E-state index in [1.165, 1.54) is 172 Å². The molecule has 0 spiro atoms. The van der Waals surface area contributed by atoms with Crippen LogP contribution >= 0.6 is 6.12 Å². The van der Waals surface area contributed by atoms with Crippen LogP contribution in [0.1, 0.15) is 192 Å². The van der Waals surface area contributed by atoms with E-state index in [-0.39, 0.29) is 19.5 Å². The third-order valence-electron chi connectivity index (χ3n) is 8.52. The van der Waals surface area contributed by atoms with Gasteiger partial charge in [-0.15, -0.1) is 6.12 Å². The summed E-state index contributed by atoms with van der Waals surface area (Å²) in [6.07, 6.45) is 34.0. The molecule has 0 aliphatic carbocycles. The molecule has 0 aromatic heterocycles. The SMILES string of the molecule is CCCCCCCCCCCCCCCc1cccc(O[P+]([O-])([S-])[S-])c1CCCCCCCCCCCCCCC.[Zn+2]. The Hall–Kier alpha value is 0.733. The van der Waals surface area contributed by atoms with Crippen molar-refractivity contribution >= 4 is 30.6 Å². The number of unbranched alkanes of at least 4 members (excludes halogenated alkanes) is 24. The van der Waals surface area contributed by atoms with Crippen LogP contribution in [0.15, 0.2) is 18.2 Å². The molecule has 0 atom stereocenters. The first-order valence-corrected chi connectivity index (χ1v) is 21.5. The standard InChI is InChI=1S/C36H67O2PS2.Zn/c1-3-5-7-9-11-13-15-17-19-21-23-25-27-30-34-31-29-33-36(38-39(37,40)41)35(34)32-28-26-24-22-20-18-16-14-12-10-8-6-4-2;/h29,31,33H,3-28,30,32H2,1-2H3,(H2,37,40,41);/q;+2/p-2. The normalized spacial score (nSPS) is 11.5. The number of hydrogen-bond acceptors (Lipinski definition) is 4. The molecule has 1 aromatic rings. The van der Waals surface area contributed by atoms with Gasteiger partial charge in [-0.05, 0) is 37.3 Å². The first-order valence-electron chi connectivity index (χ1n) is 17.8. The summed E-state index contributed by atoms with van der Waals surface area (Å²) >= 11 is 9.91. The van der Waals surface area contributed by atoms with Gasteiger partial charge in [0.2, 0.25) is 0 Å². The summed E-state index contributed by atoms with van der Waals surface area (Å²) in [5.41, 5.74) is 2.53. The van der Waals surface area contributed by atoms with E-state index in [0.29, 0.717) is 5.75 Å². The van der Waals surface area contributed by atoms with Gasteiger partial charge >= 0.3 is 19.5 Å². The second-order valence-corrected chi connectivity index (χ2v) is 17.1. The van der Waals surface area contributed by atoms with Crippen molar-refractivity contribution in [1.29, 1.82) is 0 Å². The van der Waals surface area contributed by atoms with Gasteiger partial charge in [-0.3, -0.25) is 0 Å². The van der Waals surface area contributed by atoms with Crippen LogP contribution < -0.4 is 9.42 Å². The smallest absolute Gasteiger partial charge is 0.682 e.